The fourth-order valence-corrected chi connectivity index (χ4v) is 4.26. The molecule has 46 heavy (non-hydrogen) atoms. The number of aryl methyl sites for hydroxylation is 2. The Labute approximate surface area is 288 Å². The summed E-state index contributed by atoms with van der Waals surface area (Å²) in [5, 5.41) is 7.80. The van der Waals surface area contributed by atoms with Crippen LogP contribution in [0.5, 0.6) is 11.6 Å². The van der Waals surface area contributed by atoms with E-state index < -0.39 is 0 Å². The van der Waals surface area contributed by atoms with Crippen molar-refractivity contribution in [3.63, 3.8) is 0 Å². The van der Waals surface area contributed by atoms with Crippen LogP contribution in [0.25, 0.3) is 0 Å². The molecule has 0 aliphatic heterocycles. The van der Waals surface area contributed by atoms with E-state index in [1.54, 1.807) is 80.0 Å². The quantitative estimate of drug-likeness (QED) is 0.0762. The summed E-state index contributed by atoms with van der Waals surface area (Å²) in [5.41, 5.74) is 14.4. The van der Waals surface area contributed by atoms with Gasteiger partial charge in [-0.3, -0.25) is 4.98 Å². The molecule has 0 unspecified atom stereocenters. The molecule has 5 rings (SSSR count). The normalized spacial score (nSPS) is 11.4. The van der Waals surface area contributed by atoms with Gasteiger partial charge in [0.05, 0.1) is 20.1 Å². The topological polar surface area (TPSA) is 174 Å². The molecule has 236 valence electrons. The first-order valence-electron chi connectivity index (χ1n) is 13.0. The number of halogens is 5. The van der Waals surface area contributed by atoms with Gasteiger partial charge in [-0.1, -0.05) is 58.0 Å². The summed E-state index contributed by atoms with van der Waals surface area (Å²) in [5.74, 6) is 1.52. The molecule has 0 saturated carbocycles. The minimum absolute atomic E-state index is 0.101. The molecule has 12 nitrogen and oxygen atoms in total. The third-order valence-electron chi connectivity index (χ3n) is 5.33. The Morgan fingerprint density at radius 1 is 0.630 bits per heavy atom. The van der Waals surface area contributed by atoms with Crippen molar-refractivity contribution >= 4 is 93.2 Å². The molecule has 0 atom stereocenters. The van der Waals surface area contributed by atoms with Gasteiger partial charge in [-0.2, -0.15) is 20.0 Å². The van der Waals surface area contributed by atoms with Gasteiger partial charge in [0, 0.05) is 41.2 Å². The number of benzene rings is 2. The van der Waals surface area contributed by atoms with Gasteiger partial charge in [-0.15, -0.1) is 0 Å². The third-order valence-corrected chi connectivity index (χ3v) is 7.00. The van der Waals surface area contributed by atoms with Crippen molar-refractivity contribution in [1.29, 1.82) is 0 Å². The number of anilines is 2. The number of hydrogen-bond acceptors (Lipinski definition) is 8. The summed E-state index contributed by atoms with van der Waals surface area (Å²) < 4.78 is 5.67. The molecule has 2 aromatic carbocycles. The molecule has 0 bridgehead atoms. The first-order chi connectivity index (χ1) is 21.9. The summed E-state index contributed by atoms with van der Waals surface area (Å²) in [4.78, 5) is 28.6. The second kappa shape index (κ2) is 16.2. The summed E-state index contributed by atoms with van der Waals surface area (Å²) >= 11 is 29.4. The lowest BCUT2D eigenvalue weighted by molar-refractivity contribution is 0.461. The van der Waals surface area contributed by atoms with Gasteiger partial charge in [-0.25, -0.2) is 9.97 Å². The minimum Gasteiger partial charge on any atom is -0.439 e. The molecule has 6 N–H and O–H groups in total. The maximum atomic E-state index is 5.98. The predicted octanol–water partition coefficient (Wildman–Crippen LogP) is 8.14. The largest absolute Gasteiger partial charge is 0.439 e. The van der Waals surface area contributed by atoms with E-state index in [9.17, 15) is 0 Å². The zero-order valence-electron chi connectivity index (χ0n) is 24.0. The molecular weight excluding hydrogens is 696 g/mol. The lowest BCUT2D eigenvalue weighted by atomic mass is 10.3. The number of aliphatic imine (C=N–C) groups is 2. The Kier molecular flexibility index (Phi) is 12.1. The highest BCUT2D eigenvalue weighted by atomic mass is 35.5. The molecular formula is C29H24Cl5N11O. The van der Waals surface area contributed by atoms with Crippen LogP contribution in [0.3, 0.4) is 0 Å². The molecule has 0 saturated heterocycles. The number of hydrogen-bond donors (Lipinski definition) is 4. The fourth-order valence-electron chi connectivity index (χ4n) is 3.43. The zero-order valence-corrected chi connectivity index (χ0v) is 27.8. The molecule has 0 radical (unpaired) electrons. The van der Waals surface area contributed by atoms with Gasteiger partial charge in [0.15, 0.2) is 0 Å². The van der Waals surface area contributed by atoms with Gasteiger partial charge in [0.25, 0.3) is 11.9 Å². The minimum atomic E-state index is 0.101. The second-order valence-corrected chi connectivity index (χ2v) is 11.1. The average Bonchev–Trinajstić information content (AvgIpc) is 2.97. The van der Waals surface area contributed by atoms with Gasteiger partial charge in [0.2, 0.25) is 17.8 Å². The number of guanidine groups is 2. The van der Waals surface area contributed by atoms with E-state index in [0.717, 1.165) is 0 Å². The molecule has 3 aromatic heterocycles. The molecule has 17 heteroatoms. The first-order valence-corrected chi connectivity index (χ1v) is 14.9. The molecule has 5 aromatic rings. The van der Waals surface area contributed by atoms with Crippen molar-refractivity contribution < 1.29 is 4.74 Å². The van der Waals surface area contributed by atoms with Crippen LogP contribution in [-0.2, 0) is 0 Å². The van der Waals surface area contributed by atoms with E-state index in [1.807, 2.05) is 6.92 Å². The van der Waals surface area contributed by atoms with E-state index in [1.165, 1.54) is 0 Å². The summed E-state index contributed by atoms with van der Waals surface area (Å²) in [6.45, 7) is 3.60. The van der Waals surface area contributed by atoms with Crippen LogP contribution in [0.2, 0.25) is 25.2 Å². The van der Waals surface area contributed by atoms with E-state index in [-0.39, 0.29) is 23.8 Å². The molecule has 0 fully saturated rings. The SMILES string of the molecule is Cc1cc(Cl)nc(N=C(N)Nc2ccc(Cl)c(Cl)c2)n1.Cc1cc(Oc2ccncc2)nc(N=C(N)Nc2ccc(Cl)c(Cl)c2)n1. The predicted molar refractivity (Wildman–Crippen MR) is 186 cm³/mol. The monoisotopic (exact) mass is 717 g/mol. The summed E-state index contributed by atoms with van der Waals surface area (Å²) in [6, 6.07) is 16.8. The third kappa shape index (κ3) is 10.9. The summed E-state index contributed by atoms with van der Waals surface area (Å²) in [7, 11) is 0. The Bertz CT molecular complexity index is 1870. The van der Waals surface area contributed by atoms with Crippen LogP contribution >= 0.6 is 58.0 Å². The van der Waals surface area contributed by atoms with Gasteiger partial charge in [0.1, 0.15) is 10.9 Å². The van der Waals surface area contributed by atoms with Crippen LogP contribution in [0.1, 0.15) is 11.4 Å². The maximum absolute atomic E-state index is 5.98. The van der Waals surface area contributed by atoms with E-state index in [2.05, 4.69) is 45.5 Å². The van der Waals surface area contributed by atoms with Crippen molar-refractivity contribution in [3.8, 4) is 11.6 Å². The van der Waals surface area contributed by atoms with Gasteiger partial charge in [-0.05, 0) is 68.4 Å². The molecule has 0 amide bonds. The number of nitrogens with zero attached hydrogens (tertiary/aromatic N) is 7. The van der Waals surface area contributed by atoms with Crippen molar-refractivity contribution in [1.82, 2.24) is 24.9 Å². The highest BCUT2D eigenvalue weighted by Crippen LogP contribution is 2.26. The number of rotatable bonds is 6. The van der Waals surface area contributed by atoms with Crippen LogP contribution in [0.15, 0.2) is 83.0 Å². The molecule has 0 spiro atoms. The number of aromatic nitrogens is 5. The lowest BCUT2D eigenvalue weighted by Crippen LogP contribution is -2.22. The average molecular weight is 720 g/mol. The second-order valence-electron chi connectivity index (χ2n) is 9.07. The highest BCUT2D eigenvalue weighted by Gasteiger charge is 2.07. The fraction of sp³-hybridized carbons (Fsp3) is 0.0690. The molecule has 0 aliphatic carbocycles. The van der Waals surface area contributed by atoms with Crippen molar-refractivity contribution in [3.05, 3.63) is 110 Å². The Balaban J connectivity index is 0.000000216. The Morgan fingerprint density at radius 2 is 1.13 bits per heavy atom. The summed E-state index contributed by atoms with van der Waals surface area (Å²) in [6.07, 6.45) is 3.25. The number of nitrogens with two attached hydrogens (primary N) is 2. The van der Waals surface area contributed by atoms with Crippen molar-refractivity contribution in [2.75, 3.05) is 10.6 Å². The van der Waals surface area contributed by atoms with Crippen molar-refractivity contribution in [2.45, 2.75) is 13.8 Å². The Morgan fingerprint density at radius 3 is 1.63 bits per heavy atom. The highest BCUT2D eigenvalue weighted by molar-refractivity contribution is 6.42. The van der Waals surface area contributed by atoms with Gasteiger partial charge >= 0.3 is 0 Å². The Hall–Kier alpha value is -4.46. The van der Waals surface area contributed by atoms with Gasteiger partial charge < -0.3 is 26.8 Å². The van der Waals surface area contributed by atoms with Crippen LogP contribution in [-0.4, -0.2) is 36.8 Å². The van der Waals surface area contributed by atoms with Crippen LogP contribution in [0, 0.1) is 13.8 Å². The van der Waals surface area contributed by atoms with E-state index in [4.69, 9.17) is 74.2 Å². The van der Waals surface area contributed by atoms with Crippen molar-refractivity contribution in [2.24, 2.45) is 21.5 Å². The van der Waals surface area contributed by atoms with Crippen LogP contribution < -0.4 is 26.8 Å². The lowest BCUT2D eigenvalue weighted by Gasteiger charge is -2.08. The molecule has 3 heterocycles. The number of nitrogens with one attached hydrogen (secondary N) is 2. The zero-order chi connectivity index (χ0) is 33.2. The smallest absolute Gasteiger partial charge is 0.256 e. The maximum Gasteiger partial charge on any atom is 0.256 e. The van der Waals surface area contributed by atoms with E-state index >= 15 is 0 Å². The van der Waals surface area contributed by atoms with E-state index in [0.29, 0.717) is 59.6 Å². The standard InChI is InChI=1S/C17H14Cl2N6O.C12H10Cl3N5/c1-10-8-15(26-12-4-6-21-7-5-12)24-17(22-10)25-16(20)23-11-2-3-13(18)14(19)9-11;1-6-4-10(15)19-12(17-6)20-11(16)18-7-2-3-8(13)9(14)5-7/h2-9H,1H3,(H3,20,22,23,24,25);2-5H,1H3,(H3,16,17,18,19,20). The first kappa shape index (κ1) is 34.4. The molecule has 0 aliphatic rings. The number of pyridine rings is 1. The van der Waals surface area contributed by atoms with Crippen LogP contribution in [0.4, 0.5) is 23.3 Å². The number of ether oxygens (including phenoxy) is 1.